The highest BCUT2D eigenvalue weighted by molar-refractivity contribution is 5.92. The molecule has 7 heteroatoms. The van der Waals surface area contributed by atoms with Gasteiger partial charge >= 0.3 is 0 Å². The fourth-order valence-corrected chi connectivity index (χ4v) is 2.92. The predicted octanol–water partition coefficient (Wildman–Crippen LogP) is 2.06. The van der Waals surface area contributed by atoms with Crippen LogP contribution in [0.5, 0.6) is 0 Å². The smallest absolute Gasteiger partial charge is 0.272 e. The normalized spacial score (nSPS) is 14.8. The zero-order valence-electron chi connectivity index (χ0n) is 14.2. The molecule has 23 heavy (non-hydrogen) atoms. The molecule has 1 aliphatic heterocycles. The monoisotopic (exact) mass is 316 g/mol. The van der Waals surface area contributed by atoms with E-state index in [1.807, 2.05) is 33.9 Å². The Balaban J connectivity index is 1.80. The molecule has 0 spiro atoms. The van der Waals surface area contributed by atoms with Gasteiger partial charge in [0.1, 0.15) is 11.5 Å². The first-order valence-electron chi connectivity index (χ1n) is 8.19. The van der Waals surface area contributed by atoms with Crippen LogP contribution in [0.4, 0.5) is 0 Å². The minimum Gasteiger partial charge on any atom is -0.338 e. The molecule has 0 atom stereocenters. The van der Waals surface area contributed by atoms with Crippen molar-refractivity contribution in [2.45, 2.75) is 65.1 Å². The van der Waals surface area contributed by atoms with E-state index >= 15 is 0 Å². The molecule has 0 aliphatic carbocycles. The van der Waals surface area contributed by atoms with Crippen LogP contribution >= 0.6 is 0 Å². The van der Waals surface area contributed by atoms with Gasteiger partial charge in [-0.25, -0.2) is 0 Å². The van der Waals surface area contributed by atoms with Crippen molar-refractivity contribution in [3.63, 3.8) is 0 Å². The van der Waals surface area contributed by atoms with E-state index in [-0.39, 0.29) is 11.9 Å². The van der Waals surface area contributed by atoms with E-state index in [2.05, 4.69) is 25.2 Å². The Kier molecular flexibility index (Phi) is 3.95. The zero-order chi connectivity index (χ0) is 16.6. The van der Waals surface area contributed by atoms with Crippen LogP contribution < -0.4 is 5.32 Å². The highest BCUT2D eigenvalue weighted by Gasteiger charge is 2.31. The third-order valence-electron chi connectivity index (χ3n) is 4.21. The summed E-state index contributed by atoms with van der Waals surface area (Å²) in [5.41, 5.74) is -0.175. The molecule has 3 rings (SSSR count). The maximum atomic E-state index is 12.5. The fraction of sp³-hybridized carbons (Fsp3) is 0.625. The summed E-state index contributed by atoms with van der Waals surface area (Å²) in [6, 6.07) is 1.97. The number of nitrogens with zero attached hydrogens (tertiary/aromatic N) is 5. The minimum absolute atomic E-state index is 0.192. The summed E-state index contributed by atoms with van der Waals surface area (Å²) in [6.07, 6.45) is 5.06. The van der Waals surface area contributed by atoms with E-state index < -0.39 is 5.54 Å². The van der Waals surface area contributed by atoms with E-state index in [9.17, 15) is 4.79 Å². The summed E-state index contributed by atoms with van der Waals surface area (Å²) >= 11 is 0. The molecule has 2 aromatic rings. The van der Waals surface area contributed by atoms with Gasteiger partial charge in [0, 0.05) is 25.2 Å². The number of aryl methyl sites for hydroxylation is 1. The van der Waals surface area contributed by atoms with Crippen molar-refractivity contribution in [1.82, 2.24) is 29.9 Å². The molecule has 0 unspecified atom stereocenters. The van der Waals surface area contributed by atoms with E-state index in [1.54, 1.807) is 10.7 Å². The number of carbonyl (C=O) groups is 1. The van der Waals surface area contributed by atoms with Crippen molar-refractivity contribution in [2.75, 3.05) is 0 Å². The maximum Gasteiger partial charge on any atom is 0.272 e. The van der Waals surface area contributed by atoms with Gasteiger partial charge in [-0.05, 0) is 46.6 Å². The first-order chi connectivity index (χ1) is 10.9. The second kappa shape index (κ2) is 5.79. The summed E-state index contributed by atoms with van der Waals surface area (Å²) in [7, 11) is 0. The van der Waals surface area contributed by atoms with Gasteiger partial charge in [-0.2, -0.15) is 5.10 Å². The fourth-order valence-electron chi connectivity index (χ4n) is 2.92. The molecule has 3 heterocycles. The summed E-state index contributed by atoms with van der Waals surface area (Å²) in [4.78, 5) is 12.5. The van der Waals surface area contributed by atoms with Crippen LogP contribution in [0.25, 0.3) is 0 Å². The van der Waals surface area contributed by atoms with Crippen molar-refractivity contribution in [1.29, 1.82) is 0 Å². The Morgan fingerprint density at radius 3 is 2.78 bits per heavy atom. The number of amides is 1. The van der Waals surface area contributed by atoms with Crippen molar-refractivity contribution >= 4 is 5.91 Å². The maximum absolute atomic E-state index is 12.5. The van der Waals surface area contributed by atoms with Crippen molar-refractivity contribution in [2.24, 2.45) is 0 Å². The van der Waals surface area contributed by atoms with Crippen LogP contribution in [-0.2, 0) is 18.5 Å². The number of aromatic nitrogens is 5. The van der Waals surface area contributed by atoms with Gasteiger partial charge in [-0.1, -0.05) is 0 Å². The van der Waals surface area contributed by atoms with Crippen LogP contribution in [0.15, 0.2) is 12.3 Å². The highest BCUT2D eigenvalue weighted by Crippen LogP contribution is 2.23. The first kappa shape index (κ1) is 15.7. The van der Waals surface area contributed by atoms with Gasteiger partial charge in [-0.15, -0.1) is 10.2 Å². The van der Waals surface area contributed by atoms with Crippen molar-refractivity contribution in [3.8, 4) is 0 Å². The predicted molar refractivity (Wildman–Crippen MR) is 86.1 cm³/mol. The average Bonchev–Trinajstić information content (AvgIpc) is 3.14. The number of rotatable bonds is 4. The number of hydrogen-bond donors (Lipinski definition) is 1. The van der Waals surface area contributed by atoms with Crippen molar-refractivity contribution < 1.29 is 4.79 Å². The van der Waals surface area contributed by atoms with Crippen LogP contribution in [-0.4, -0.2) is 30.5 Å². The summed E-state index contributed by atoms with van der Waals surface area (Å²) in [5, 5.41) is 16.0. The lowest BCUT2D eigenvalue weighted by Crippen LogP contribution is -2.43. The second-order valence-electron chi connectivity index (χ2n) is 6.90. The summed E-state index contributed by atoms with van der Waals surface area (Å²) in [6.45, 7) is 8.88. The third kappa shape index (κ3) is 3.00. The van der Waals surface area contributed by atoms with Gasteiger partial charge in [0.2, 0.25) is 0 Å². The molecule has 2 aromatic heterocycles. The Morgan fingerprint density at radius 1 is 1.30 bits per heavy atom. The SMILES string of the molecule is CC(C)n1ccc(C(=O)NC(C)(C)c2nnc3n2CCCC3)n1. The molecule has 1 amide bonds. The number of hydrogen-bond acceptors (Lipinski definition) is 4. The number of fused-ring (bicyclic) bond motifs is 1. The van der Waals surface area contributed by atoms with E-state index in [4.69, 9.17) is 0 Å². The Bertz CT molecular complexity index is 712. The standard InChI is InChI=1S/C16H24N6O/c1-11(2)22-10-8-12(20-22)14(23)17-16(3,4)15-19-18-13-7-5-6-9-21(13)15/h8,10-11H,5-7,9H2,1-4H3,(H,17,23). The Labute approximate surface area is 136 Å². The molecule has 1 N–H and O–H groups in total. The summed E-state index contributed by atoms with van der Waals surface area (Å²) in [5.74, 6) is 1.63. The topological polar surface area (TPSA) is 77.6 Å². The first-order valence-corrected chi connectivity index (χ1v) is 8.19. The number of nitrogens with one attached hydrogen (secondary N) is 1. The van der Waals surface area contributed by atoms with Crippen LogP contribution in [0.3, 0.4) is 0 Å². The molecule has 0 saturated heterocycles. The van der Waals surface area contributed by atoms with Gasteiger partial charge in [-0.3, -0.25) is 9.48 Å². The second-order valence-corrected chi connectivity index (χ2v) is 6.90. The molecule has 124 valence electrons. The van der Waals surface area contributed by atoms with Gasteiger partial charge < -0.3 is 9.88 Å². The third-order valence-corrected chi connectivity index (χ3v) is 4.21. The lowest BCUT2D eigenvalue weighted by molar-refractivity contribution is 0.0900. The van der Waals surface area contributed by atoms with Gasteiger partial charge in [0.05, 0.1) is 5.54 Å². The molecule has 1 aliphatic rings. The Morgan fingerprint density at radius 2 is 2.09 bits per heavy atom. The van der Waals surface area contributed by atoms with E-state index in [0.717, 1.165) is 37.5 Å². The highest BCUT2D eigenvalue weighted by atomic mass is 16.2. The van der Waals surface area contributed by atoms with Gasteiger partial charge in [0.15, 0.2) is 5.82 Å². The zero-order valence-corrected chi connectivity index (χ0v) is 14.2. The van der Waals surface area contributed by atoms with E-state index in [0.29, 0.717) is 5.69 Å². The van der Waals surface area contributed by atoms with Crippen LogP contribution in [0.1, 0.15) is 68.7 Å². The summed E-state index contributed by atoms with van der Waals surface area (Å²) < 4.78 is 3.91. The molecular weight excluding hydrogens is 292 g/mol. The van der Waals surface area contributed by atoms with Crippen LogP contribution in [0, 0.1) is 0 Å². The van der Waals surface area contributed by atoms with Crippen molar-refractivity contribution in [3.05, 3.63) is 29.6 Å². The Hall–Kier alpha value is -2.18. The quantitative estimate of drug-likeness (QED) is 0.936. The molecule has 0 bridgehead atoms. The largest absolute Gasteiger partial charge is 0.338 e. The van der Waals surface area contributed by atoms with Gasteiger partial charge in [0.25, 0.3) is 5.91 Å². The molecule has 0 radical (unpaired) electrons. The van der Waals surface area contributed by atoms with E-state index in [1.165, 1.54) is 0 Å². The molecule has 0 aromatic carbocycles. The average molecular weight is 316 g/mol. The molecule has 0 saturated carbocycles. The lowest BCUT2D eigenvalue weighted by Gasteiger charge is -2.27. The molecule has 7 nitrogen and oxygen atoms in total. The number of carbonyl (C=O) groups excluding carboxylic acids is 1. The molecule has 0 fully saturated rings. The van der Waals surface area contributed by atoms with Crippen LogP contribution in [0.2, 0.25) is 0 Å². The lowest BCUT2D eigenvalue weighted by atomic mass is 10.0. The molecular formula is C16H24N6O. The minimum atomic E-state index is -0.596.